The lowest BCUT2D eigenvalue weighted by molar-refractivity contribution is 0.372. The number of guanidine groups is 1. The van der Waals surface area contributed by atoms with Crippen molar-refractivity contribution in [2.75, 3.05) is 38.1 Å². The number of aromatic nitrogens is 1. The van der Waals surface area contributed by atoms with E-state index in [1.54, 1.807) is 11.3 Å². The van der Waals surface area contributed by atoms with Crippen LogP contribution in [0.3, 0.4) is 0 Å². The van der Waals surface area contributed by atoms with Gasteiger partial charge >= 0.3 is 0 Å². The highest BCUT2D eigenvalue weighted by molar-refractivity contribution is 7.09. The van der Waals surface area contributed by atoms with Crippen LogP contribution in [0.5, 0.6) is 0 Å². The molecule has 0 amide bonds. The SMILES string of the molecule is CN=C(NCc1nccs1)N1CCN(c2ccccc2)CC1. The lowest BCUT2D eigenvalue weighted by atomic mass is 10.2. The molecule has 1 fully saturated rings. The van der Waals surface area contributed by atoms with Crippen molar-refractivity contribution in [1.29, 1.82) is 0 Å². The third-order valence-electron chi connectivity index (χ3n) is 3.79. The van der Waals surface area contributed by atoms with Gasteiger partial charge in [0.15, 0.2) is 5.96 Å². The fraction of sp³-hybridized carbons (Fsp3) is 0.375. The Hall–Kier alpha value is -2.08. The maximum atomic E-state index is 4.40. The van der Waals surface area contributed by atoms with E-state index in [4.69, 9.17) is 0 Å². The van der Waals surface area contributed by atoms with Crippen LogP contribution in [-0.4, -0.2) is 49.1 Å². The van der Waals surface area contributed by atoms with E-state index in [2.05, 4.69) is 55.4 Å². The standard InChI is InChI=1S/C16H21N5S/c1-17-16(19-13-15-18-7-12-22-15)21-10-8-20(9-11-21)14-5-3-2-4-6-14/h2-7,12H,8-11,13H2,1H3,(H,17,19). The Kier molecular flexibility index (Phi) is 4.90. The quantitative estimate of drug-likeness (QED) is 0.695. The molecule has 5 nitrogen and oxygen atoms in total. The molecule has 0 bridgehead atoms. The third-order valence-corrected chi connectivity index (χ3v) is 4.57. The normalized spacial score (nSPS) is 16.0. The van der Waals surface area contributed by atoms with Gasteiger partial charge < -0.3 is 15.1 Å². The fourth-order valence-electron chi connectivity index (χ4n) is 2.64. The number of nitrogens with zero attached hydrogens (tertiary/aromatic N) is 4. The molecule has 0 spiro atoms. The Morgan fingerprint density at radius 3 is 2.64 bits per heavy atom. The van der Waals surface area contributed by atoms with E-state index in [0.29, 0.717) is 0 Å². The van der Waals surface area contributed by atoms with Crippen LogP contribution >= 0.6 is 11.3 Å². The van der Waals surface area contributed by atoms with Crippen molar-refractivity contribution in [2.45, 2.75) is 6.54 Å². The van der Waals surface area contributed by atoms with Crippen molar-refractivity contribution in [3.05, 3.63) is 46.9 Å². The second kappa shape index (κ2) is 7.26. The van der Waals surface area contributed by atoms with Gasteiger partial charge in [-0.05, 0) is 12.1 Å². The Balaban J connectivity index is 1.53. The second-order valence-electron chi connectivity index (χ2n) is 5.14. The Bertz CT molecular complexity index is 588. The Morgan fingerprint density at radius 2 is 2.00 bits per heavy atom. The molecule has 116 valence electrons. The van der Waals surface area contributed by atoms with E-state index in [9.17, 15) is 0 Å². The molecule has 3 rings (SSSR count). The number of aliphatic imine (C=N–C) groups is 1. The van der Waals surface area contributed by atoms with Crippen molar-refractivity contribution in [3.8, 4) is 0 Å². The molecule has 1 N–H and O–H groups in total. The fourth-order valence-corrected chi connectivity index (χ4v) is 3.20. The maximum Gasteiger partial charge on any atom is 0.194 e. The van der Waals surface area contributed by atoms with Crippen molar-refractivity contribution < 1.29 is 0 Å². The van der Waals surface area contributed by atoms with E-state index in [-0.39, 0.29) is 0 Å². The van der Waals surface area contributed by atoms with Gasteiger partial charge in [0.05, 0.1) is 6.54 Å². The molecule has 1 aliphatic rings. The number of para-hydroxylation sites is 1. The summed E-state index contributed by atoms with van der Waals surface area (Å²) in [4.78, 5) is 13.4. The Labute approximate surface area is 135 Å². The number of rotatable bonds is 3. The lowest BCUT2D eigenvalue weighted by Gasteiger charge is -2.37. The van der Waals surface area contributed by atoms with Crippen LogP contribution in [0.15, 0.2) is 46.9 Å². The smallest absolute Gasteiger partial charge is 0.194 e. The van der Waals surface area contributed by atoms with Crippen molar-refractivity contribution in [2.24, 2.45) is 4.99 Å². The topological polar surface area (TPSA) is 43.8 Å². The third kappa shape index (κ3) is 3.57. The molecule has 0 atom stereocenters. The van der Waals surface area contributed by atoms with Crippen LogP contribution in [0.2, 0.25) is 0 Å². The zero-order chi connectivity index (χ0) is 15.2. The summed E-state index contributed by atoms with van der Waals surface area (Å²) < 4.78 is 0. The molecule has 6 heteroatoms. The summed E-state index contributed by atoms with van der Waals surface area (Å²) in [5, 5.41) is 6.49. The summed E-state index contributed by atoms with van der Waals surface area (Å²) in [5.41, 5.74) is 1.30. The number of hydrogen-bond donors (Lipinski definition) is 1. The molecular weight excluding hydrogens is 294 g/mol. The summed E-state index contributed by atoms with van der Waals surface area (Å²) in [6.45, 7) is 4.73. The zero-order valence-electron chi connectivity index (χ0n) is 12.8. The average Bonchev–Trinajstić information content (AvgIpc) is 3.10. The van der Waals surface area contributed by atoms with E-state index in [0.717, 1.165) is 43.7 Å². The Morgan fingerprint density at radius 1 is 1.23 bits per heavy atom. The predicted molar refractivity (Wildman–Crippen MR) is 92.5 cm³/mol. The minimum absolute atomic E-state index is 0.739. The molecule has 1 aliphatic heterocycles. The first kappa shape index (κ1) is 14.8. The number of anilines is 1. The number of piperazine rings is 1. The summed E-state index contributed by atoms with van der Waals surface area (Å²) >= 11 is 1.66. The van der Waals surface area contributed by atoms with Gasteiger partial charge in [-0.25, -0.2) is 4.98 Å². The first-order valence-electron chi connectivity index (χ1n) is 7.51. The van der Waals surface area contributed by atoms with Gasteiger partial charge in [0.2, 0.25) is 0 Å². The zero-order valence-corrected chi connectivity index (χ0v) is 13.6. The highest BCUT2D eigenvalue weighted by atomic mass is 32.1. The molecule has 0 saturated carbocycles. The summed E-state index contributed by atoms with van der Waals surface area (Å²) in [5.74, 6) is 0.961. The largest absolute Gasteiger partial charge is 0.368 e. The highest BCUT2D eigenvalue weighted by Crippen LogP contribution is 2.15. The molecule has 0 unspecified atom stereocenters. The molecule has 2 heterocycles. The molecule has 22 heavy (non-hydrogen) atoms. The van der Waals surface area contributed by atoms with Gasteiger partial charge in [-0.15, -0.1) is 11.3 Å². The van der Waals surface area contributed by atoms with Gasteiger partial charge in [-0.1, -0.05) is 18.2 Å². The number of thiazole rings is 1. The van der Waals surface area contributed by atoms with Crippen molar-refractivity contribution >= 4 is 23.0 Å². The number of nitrogens with one attached hydrogen (secondary N) is 1. The molecule has 2 aromatic rings. The predicted octanol–water partition coefficient (Wildman–Crippen LogP) is 2.04. The van der Waals surface area contributed by atoms with Crippen LogP contribution in [0.25, 0.3) is 0 Å². The van der Waals surface area contributed by atoms with Crippen molar-refractivity contribution in [1.82, 2.24) is 15.2 Å². The van der Waals surface area contributed by atoms with E-state index < -0.39 is 0 Å². The average molecular weight is 315 g/mol. The molecule has 1 aromatic carbocycles. The monoisotopic (exact) mass is 315 g/mol. The van der Waals surface area contributed by atoms with Crippen LogP contribution in [0.4, 0.5) is 5.69 Å². The van der Waals surface area contributed by atoms with Gasteiger partial charge in [0.25, 0.3) is 0 Å². The first-order valence-corrected chi connectivity index (χ1v) is 8.39. The van der Waals surface area contributed by atoms with Gasteiger partial charge in [-0.3, -0.25) is 4.99 Å². The van der Waals surface area contributed by atoms with E-state index in [1.165, 1.54) is 5.69 Å². The number of hydrogen-bond acceptors (Lipinski definition) is 4. The molecule has 0 radical (unpaired) electrons. The van der Waals surface area contributed by atoms with Crippen molar-refractivity contribution in [3.63, 3.8) is 0 Å². The molecule has 1 aromatic heterocycles. The molecular formula is C16H21N5S. The van der Waals surface area contributed by atoms with E-state index >= 15 is 0 Å². The summed E-state index contributed by atoms with van der Waals surface area (Å²) in [6.07, 6.45) is 1.84. The number of benzene rings is 1. The molecule has 1 saturated heterocycles. The summed E-state index contributed by atoms with van der Waals surface area (Å²) in [6, 6.07) is 10.6. The minimum Gasteiger partial charge on any atom is -0.368 e. The highest BCUT2D eigenvalue weighted by Gasteiger charge is 2.19. The van der Waals surface area contributed by atoms with Crippen LogP contribution in [-0.2, 0) is 6.54 Å². The van der Waals surface area contributed by atoms with Crippen LogP contribution in [0.1, 0.15) is 5.01 Å². The van der Waals surface area contributed by atoms with Crippen LogP contribution in [0, 0.1) is 0 Å². The molecule has 0 aliphatic carbocycles. The van der Waals surface area contributed by atoms with E-state index in [1.807, 2.05) is 18.6 Å². The minimum atomic E-state index is 0.739. The van der Waals surface area contributed by atoms with Gasteiger partial charge in [-0.2, -0.15) is 0 Å². The maximum absolute atomic E-state index is 4.40. The van der Waals surface area contributed by atoms with Crippen LogP contribution < -0.4 is 10.2 Å². The first-order chi connectivity index (χ1) is 10.9. The summed E-state index contributed by atoms with van der Waals surface area (Å²) in [7, 11) is 1.84. The second-order valence-corrected chi connectivity index (χ2v) is 6.12. The van der Waals surface area contributed by atoms with Gasteiger partial charge in [0, 0.05) is 50.5 Å². The lowest BCUT2D eigenvalue weighted by Crippen LogP contribution is -2.52. The van der Waals surface area contributed by atoms with Gasteiger partial charge in [0.1, 0.15) is 5.01 Å².